The van der Waals surface area contributed by atoms with E-state index in [0.29, 0.717) is 35.1 Å². The van der Waals surface area contributed by atoms with Crippen molar-refractivity contribution in [2.24, 2.45) is 11.7 Å². The molecule has 1 fully saturated rings. The van der Waals surface area contributed by atoms with E-state index < -0.39 is 0 Å². The molecule has 1 aromatic carbocycles. The van der Waals surface area contributed by atoms with Crippen LogP contribution in [0.3, 0.4) is 0 Å². The number of nitrogens with two attached hydrogens (primary N) is 1. The number of nitrogens with zero attached hydrogens (tertiary/aromatic N) is 1. The van der Waals surface area contributed by atoms with Gasteiger partial charge in [0.05, 0.1) is 22.5 Å². The Morgan fingerprint density at radius 3 is 2.63 bits per heavy atom. The van der Waals surface area contributed by atoms with Crippen molar-refractivity contribution in [3.8, 4) is 0 Å². The standard InChI is InChI=1S/C13H14Cl2N2O2/c14-10-2-1-8(5-11(10)15)12(18)7-17-4-3-9(6-17)13(16)19/h1-2,5,9H,3-4,6-7H2,(H2,16,19). The molecule has 2 rings (SSSR count). The molecule has 1 heterocycles. The second kappa shape index (κ2) is 5.90. The number of Topliss-reactive ketones (excluding diaryl/α,β-unsaturated/α-hetero) is 1. The van der Waals surface area contributed by atoms with E-state index in [2.05, 4.69) is 0 Å². The molecule has 102 valence electrons. The van der Waals surface area contributed by atoms with Gasteiger partial charge in [-0.05, 0) is 31.2 Å². The maximum atomic E-state index is 12.1. The highest BCUT2D eigenvalue weighted by atomic mass is 35.5. The molecule has 0 aliphatic carbocycles. The van der Waals surface area contributed by atoms with Gasteiger partial charge in [0.1, 0.15) is 0 Å². The van der Waals surface area contributed by atoms with E-state index in [1.54, 1.807) is 18.2 Å². The Morgan fingerprint density at radius 1 is 1.32 bits per heavy atom. The lowest BCUT2D eigenvalue weighted by Gasteiger charge is -2.14. The zero-order chi connectivity index (χ0) is 14.0. The van der Waals surface area contributed by atoms with Crippen LogP contribution < -0.4 is 5.73 Å². The zero-order valence-electron chi connectivity index (χ0n) is 10.2. The first-order valence-corrected chi connectivity index (χ1v) is 6.73. The van der Waals surface area contributed by atoms with E-state index in [-0.39, 0.29) is 24.2 Å². The number of hydrogen-bond donors (Lipinski definition) is 1. The Hall–Kier alpha value is -1.10. The number of primary amides is 1. The number of ketones is 1. The Morgan fingerprint density at radius 2 is 2.05 bits per heavy atom. The number of carbonyl (C=O) groups excluding carboxylic acids is 2. The highest BCUT2D eigenvalue weighted by Crippen LogP contribution is 2.23. The van der Waals surface area contributed by atoms with Crippen molar-refractivity contribution in [1.82, 2.24) is 4.90 Å². The highest BCUT2D eigenvalue weighted by molar-refractivity contribution is 6.42. The molecule has 1 aromatic rings. The van der Waals surface area contributed by atoms with Gasteiger partial charge in [0.2, 0.25) is 5.91 Å². The van der Waals surface area contributed by atoms with Gasteiger partial charge in [-0.15, -0.1) is 0 Å². The predicted octanol–water partition coefficient (Wildman–Crippen LogP) is 1.98. The van der Waals surface area contributed by atoms with Gasteiger partial charge < -0.3 is 5.73 Å². The summed E-state index contributed by atoms with van der Waals surface area (Å²) in [6.07, 6.45) is 0.712. The topological polar surface area (TPSA) is 63.4 Å². The van der Waals surface area contributed by atoms with Gasteiger partial charge in [-0.3, -0.25) is 14.5 Å². The van der Waals surface area contributed by atoms with Gasteiger partial charge in [0, 0.05) is 12.1 Å². The molecule has 1 saturated heterocycles. The minimum atomic E-state index is -0.301. The molecular weight excluding hydrogens is 287 g/mol. The molecule has 0 aromatic heterocycles. The van der Waals surface area contributed by atoms with Crippen molar-refractivity contribution >= 4 is 34.9 Å². The summed E-state index contributed by atoms with van der Waals surface area (Å²) in [7, 11) is 0. The number of likely N-dealkylation sites (tertiary alicyclic amines) is 1. The first-order chi connectivity index (χ1) is 8.97. The van der Waals surface area contributed by atoms with Gasteiger partial charge in [0.15, 0.2) is 5.78 Å². The largest absolute Gasteiger partial charge is 0.369 e. The molecule has 1 unspecified atom stereocenters. The van der Waals surface area contributed by atoms with Crippen molar-refractivity contribution in [1.29, 1.82) is 0 Å². The summed E-state index contributed by atoms with van der Waals surface area (Å²) in [5, 5.41) is 0.789. The summed E-state index contributed by atoms with van der Waals surface area (Å²) in [5.74, 6) is -0.491. The van der Waals surface area contributed by atoms with E-state index >= 15 is 0 Å². The van der Waals surface area contributed by atoms with Crippen LogP contribution in [0.4, 0.5) is 0 Å². The van der Waals surface area contributed by atoms with Crippen LogP contribution in [0.1, 0.15) is 16.8 Å². The van der Waals surface area contributed by atoms with Crippen LogP contribution in [0.2, 0.25) is 10.0 Å². The van der Waals surface area contributed by atoms with Crippen LogP contribution in [0, 0.1) is 5.92 Å². The summed E-state index contributed by atoms with van der Waals surface area (Å²) in [6.45, 7) is 1.52. The minimum absolute atomic E-state index is 0.0383. The fraction of sp³-hybridized carbons (Fsp3) is 0.385. The van der Waals surface area contributed by atoms with E-state index in [1.165, 1.54) is 0 Å². The smallest absolute Gasteiger partial charge is 0.221 e. The third-order valence-corrected chi connectivity index (χ3v) is 4.02. The van der Waals surface area contributed by atoms with E-state index in [4.69, 9.17) is 28.9 Å². The van der Waals surface area contributed by atoms with E-state index in [0.717, 1.165) is 0 Å². The van der Waals surface area contributed by atoms with Crippen LogP contribution in [0.15, 0.2) is 18.2 Å². The van der Waals surface area contributed by atoms with Crippen LogP contribution in [-0.2, 0) is 4.79 Å². The lowest BCUT2D eigenvalue weighted by molar-refractivity contribution is -0.121. The molecule has 0 bridgehead atoms. The van der Waals surface area contributed by atoms with Gasteiger partial charge in [0.25, 0.3) is 0 Å². The average Bonchev–Trinajstić information content (AvgIpc) is 2.81. The van der Waals surface area contributed by atoms with Crippen molar-refractivity contribution in [2.45, 2.75) is 6.42 Å². The first-order valence-electron chi connectivity index (χ1n) is 5.97. The molecule has 4 nitrogen and oxygen atoms in total. The number of amides is 1. The van der Waals surface area contributed by atoms with E-state index in [1.807, 2.05) is 4.90 Å². The Kier molecular flexibility index (Phi) is 4.45. The Balaban J connectivity index is 1.98. The fourth-order valence-electron chi connectivity index (χ4n) is 2.17. The molecule has 1 atom stereocenters. The number of halogens is 2. The molecule has 6 heteroatoms. The summed E-state index contributed by atoms with van der Waals surface area (Å²) in [4.78, 5) is 25.1. The predicted molar refractivity (Wildman–Crippen MR) is 74.5 cm³/mol. The first kappa shape index (κ1) is 14.3. The van der Waals surface area contributed by atoms with Crippen LogP contribution in [0.5, 0.6) is 0 Å². The van der Waals surface area contributed by atoms with Crippen molar-refractivity contribution in [3.05, 3.63) is 33.8 Å². The number of hydrogen-bond acceptors (Lipinski definition) is 3. The summed E-state index contributed by atoms with van der Waals surface area (Å²) >= 11 is 11.7. The van der Waals surface area contributed by atoms with Gasteiger partial charge in [-0.25, -0.2) is 0 Å². The number of benzene rings is 1. The number of rotatable bonds is 4. The Labute approximate surface area is 121 Å². The maximum absolute atomic E-state index is 12.1. The van der Waals surface area contributed by atoms with Crippen molar-refractivity contribution in [3.63, 3.8) is 0 Å². The second-order valence-corrected chi connectivity index (χ2v) is 5.49. The molecule has 1 amide bonds. The van der Waals surface area contributed by atoms with Gasteiger partial charge in [-0.2, -0.15) is 0 Å². The molecule has 1 aliphatic rings. The molecule has 0 saturated carbocycles. The average molecular weight is 301 g/mol. The molecular formula is C13H14Cl2N2O2. The molecule has 2 N–H and O–H groups in total. The third-order valence-electron chi connectivity index (χ3n) is 3.28. The lowest BCUT2D eigenvalue weighted by atomic mass is 10.1. The lowest BCUT2D eigenvalue weighted by Crippen LogP contribution is -2.31. The van der Waals surface area contributed by atoms with Gasteiger partial charge >= 0.3 is 0 Å². The van der Waals surface area contributed by atoms with Gasteiger partial charge in [-0.1, -0.05) is 23.2 Å². The van der Waals surface area contributed by atoms with Crippen LogP contribution in [-0.4, -0.2) is 36.2 Å². The van der Waals surface area contributed by atoms with E-state index in [9.17, 15) is 9.59 Å². The molecule has 0 radical (unpaired) electrons. The normalized spacial score (nSPS) is 19.6. The molecule has 1 aliphatic heterocycles. The summed E-state index contributed by atoms with van der Waals surface area (Å²) < 4.78 is 0. The minimum Gasteiger partial charge on any atom is -0.369 e. The van der Waals surface area contributed by atoms with Crippen LogP contribution in [0.25, 0.3) is 0 Å². The highest BCUT2D eigenvalue weighted by Gasteiger charge is 2.27. The SMILES string of the molecule is NC(=O)C1CCN(CC(=O)c2ccc(Cl)c(Cl)c2)C1. The van der Waals surface area contributed by atoms with Crippen molar-refractivity contribution in [2.75, 3.05) is 19.6 Å². The maximum Gasteiger partial charge on any atom is 0.221 e. The number of carbonyl (C=O) groups is 2. The van der Waals surface area contributed by atoms with Crippen molar-refractivity contribution < 1.29 is 9.59 Å². The fourth-order valence-corrected chi connectivity index (χ4v) is 2.47. The third kappa shape index (κ3) is 3.47. The molecule has 19 heavy (non-hydrogen) atoms. The quantitative estimate of drug-likeness (QED) is 0.865. The molecule has 0 spiro atoms. The zero-order valence-corrected chi connectivity index (χ0v) is 11.7. The second-order valence-electron chi connectivity index (χ2n) is 4.68. The Bertz CT molecular complexity index is 519. The summed E-state index contributed by atoms with van der Waals surface area (Å²) in [6, 6.07) is 4.82. The monoisotopic (exact) mass is 300 g/mol. The van der Waals surface area contributed by atoms with Crippen LogP contribution >= 0.6 is 23.2 Å². The summed E-state index contributed by atoms with van der Waals surface area (Å²) in [5.41, 5.74) is 5.78.